The maximum Gasteiger partial charge on any atom is 0.232 e. The van der Waals surface area contributed by atoms with Crippen molar-refractivity contribution in [1.29, 1.82) is 0 Å². The molecule has 0 bridgehead atoms. The van der Waals surface area contributed by atoms with Gasteiger partial charge in [-0.05, 0) is 18.4 Å². The Bertz CT molecular complexity index is 395. The molecule has 4 nitrogen and oxygen atoms in total. The Labute approximate surface area is 112 Å². The van der Waals surface area contributed by atoms with Gasteiger partial charge in [0.1, 0.15) is 0 Å². The Kier molecular flexibility index (Phi) is 6.28. The zero-order valence-corrected chi connectivity index (χ0v) is 11.0. The summed E-state index contributed by atoms with van der Waals surface area (Å²) in [6.45, 7) is 0.566. The number of benzene rings is 1. The van der Waals surface area contributed by atoms with E-state index in [1.165, 1.54) is 5.56 Å². The maximum absolute atomic E-state index is 11.6. The highest BCUT2D eigenvalue weighted by Crippen LogP contribution is 2.05. The fourth-order valence-electron chi connectivity index (χ4n) is 1.50. The van der Waals surface area contributed by atoms with Crippen LogP contribution >= 0.6 is 12.6 Å². The summed E-state index contributed by atoms with van der Waals surface area (Å²) in [6, 6.07) is 9.90. The molecule has 18 heavy (non-hydrogen) atoms. The highest BCUT2D eigenvalue weighted by molar-refractivity contribution is 7.81. The molecule has 0 saturated carbocycles. The van der Waals surface area contributed by atoms with E-state index in [1.54, 1.807) is 0 Å². The Hall–Kier alpha value is -1.49. The molecule has 0 aliphatic carbocycles. The first-order chi connectivity index (χ1) is 8.59. The number of rotatable bonds is 7. The van der Waals surface area contributed by atoms with Crippen LogP contribution in [0, 0.1) is 0 Å². The molecule has 0 aliphatic heterocycles. The summed E-state index contributed by atoms with van der Waals surface area (Å²) in [5.74, 6) is -0.568. The topological polar surface area (TPSA) is 72.2 Å². The molecule has 0 saturated heterocycles. The number of carbonyl (C=O) groups is 2. The van der Waals surface area contributed by atoms with E-state index in [0.29, 0.717) is 13.0 Å². The van der Waals surface area contributed by atoms with E-state index in [2.05, 4.69) is 17.9 Å². The Morgan fingerprint density at radius 2 is 1.94 bits per heavy atom. The summed E-state index contributed by atoms with van der Waals surface area (Å²) in [7, 11) is 0. The molecular formula is C13H18N2O2S. The van der Waals surface area contributed by atoms with Gasteiger partial charge in [0, 0.05) is 13.0 Å². The molecule has 1 atom stereocenters. The van der Waals surface area contributed by atoms with Crippen LogP contribution in [-0.2, 0) is 16.0 Å². The van der Waals surface area contributed by atoms with Crippen LogP contribution in [0.4, 0.5) is 0 Å². The minimum Gasteiger partial charge on any atom is -0.370 e. The van der Waals surface area contributed by atoms with E-state index in [-0.39, 0.29) is 12.3 Å². The van der Waals surface area contributed by atoms with Gasteiger partial charge in [-0.2, -0.15) is 12.6 Å². The van der Waals surface area contributed by atoms with Crippen LogP contribution in [-0.4, -0.2) is 23.6 Å². The van der Waals surface area contributed by atoms with Gasteiger partial charge in [-0.1, -0.05) is 30.3 Å². The van der Waals surface area contributed by atoms with Gasteiger partial charge in [0.15, 0.2) is 0 Å². The van der Waals surface area contributed by atoms with Gasteiger partial charge >= 0.3 is 0 Å². The molecular weight excluding hydrogens is 248 g/mol. The van der Waals surface area contributed by atoms with Crippen molar-refractivity contribution in [1.82, 2.24) is 5.32 Å². The first kappa shape index (κ1) is 14.6. The van der Waals surface area contributed by atoms with Crippen molar-refractivity contribution in [3.05, 3.63) is 35.9 Å². The molecule has 0 spiro atoms. The molecule has 1 unspecified atom stereocenters. The van der Waals surface area contributed by atoms with E-state index in [9.17, 15) is 9.59 Å². The number of hydrogen-bond donors (Lipinski definition) is 3. The van der Waals surface area contributed by atoms with E-state index < -0.39 is 11.2 Å². The average Bonchev–Trinajstić information content (AvgIpc) is 2.37. The second-order valence-electron chi connectivity index (χ2n) is 4.05. The number of primary amides is 1. The van der Waals surface area contributed by atoms with Crippen molar-refractivity contribution in [2.75, 3.05) is 6.54 Å². The van der Waals surface area contributed by atoms with Crippen LogP contribution in [0.2, 0.25) is 0 Å². The molecule has 0 aliphatic rings. The van der Waals surface area contributed by atoms with Crippen molar-refractivity contribution in [2.24, 2.45) is 5.73 Å². The first-order valence-corrected chi connectivity index (χ1v) is 6.39. The van der Waals surface area contributed by atoms with Crippen LogP contribution in [0.1, 0.15) is 18.4 Å². The minimum atomic E-state index is -0.478. The second-order valence-corrected chi connectivity index (χ2v) is 4.67. The normalized spacial score (nSPS) is 11.8. The zero-order chi connectivity index (χ0) is 13.4. The third-order valence-corrected chi connectivity index (χ3v) is 3.02. The molecule has 3 N–H and O–H groups in total. The van der Waals surface area contributed by atoms with Crippen molar-refractivity contribution in [3.8, 4) is 0 Å². The molecule has 98 valence electrons. The molecule has 1 aromatic rings. The number of nitrogens with one attached hydrogen (secondary N) is 1. The van der Waals surface area contributed by atoms with E-state index in [0.717, 1.165) is 6.42 Å². The van der Waals surface area contributed by atoms with Crippen LogP contribution < -0.4 is 11.1 Å². The number of amides is 2. The van der Waals surface area contributed by atoms with Crippen LogP contribution in [0.5, 0.6) is 0 Å². The van der Waals surface area contributed by atoms with E-state index in [4.69, 9.17) is 5.73 Å². The van der Waals surface area contributed by atoms with Gasteiger partial charge in [0.05, 0.1) is 5.25 Å². The predicted octanol–water partition coefficient (Wildman–Crippen LogP) is 0.909. The summed E-state index contributed by atoms with van der Waals surface area (Å²) in [6.07, 6.45) is 1.33. The molecule has 0 aromatic heterocycles. The standard InChI is InChI=1S/C13H18N2O2S/c14-12(16)7-6-11(18)13(17)15-9-8-10-4-2-1-3-5-10/h1-5,11,18H,6-9H2,(H2,14,16)(H,15,17). The lowest BCUT2D eigenvalue weighted by molar-refractivity contribution is -0.121. The third kappa shape index (κ3) is 5.72. The van der Waals surface area contributed by atoms with Crippen LogP contribution in [0.25, 0.3) is 0 Å². The number of nitrogens with two attached hydrogens (primary N) is 1. The summed E-state index contributed by atoms with van der Waals surface area (Å²) >= 11 is 4.14. The monoisotopic (exact) mass is 266 g/mol. The van der Waals surface area contributed by atoms with Crippen LogP contribution in [0.15, 0.2) is 30.3 Å². The molecule has 5 heteroatoms. The minimum absolute atomic E-state index is 0.157. The molecule has 0 heterocycles. The quantitative estimate of drug-likeness (QED) is 0.642. The van der Waals surface area contributed by atoms with Gasteiger partial charge in [0.25, 0.3) is 0 Å². The number of carbonyl (C=O) groups excluding carboxylic acids is 2. The predicted molar refractivity (Wildman–Crippen MR) is 74.4 cm³/mol. The highest BCUT2D eigenvalue weighted by Gasteiger charge is 2.13. The molecule has 0 radical (unpaired) electrons. The zero-order valence-electron chi connectivity index (χ0n) is 10.1. The molecule has 2 amide bonds. The fourth-order valence-corrected chi connectivity index (χ4v) is 1.72. The molecule has 1 aromatic carbocycles. The van der Waals surface area contributed by atoms with E-state index in [1.807, 2.05) is 30.3 Å². The summed E-state index contributed by atoms with van der Waals surface area (Å²) < 4.78 is 0. The van der Waals surface area contributed by atoms with E-state index >= 15 is 0 Å². The van der Waals surface area contributed by atoms with Gasteiger partial charge in [-0.15, -0.1) is 0 Å². The first-order valence-electron chi connectivity index (χ1n) is 5.87. The smallest absolute Gasteiger partial charge is 0.232 e. The molecule has 0 fully saturated rings. The largest absolute Gasteiger partial charge is 0.370 e. The number of thiol groups is 1. The van der Waals surface area contributed by atoms with Crippen molar-refractivity contribution >= 4 is 24.4 Å². The Balaban J connectivity index is 2.22. The Morgan fingerprint density at radius 1 is 1.28 bits per heavy atom. The van der Waals surface area contributed by atoms with Crippen molar-refractivity contribution in [3.63, 3.8) is 0 Å². The summed E-state index contributed by atoms with van der Waals surface area (Å²) in [5.41, 5.74) is 6.18. The van der Waals surface area contributed by atoms with Gasteiger partial charge in [-0.3, -0.25) is 9.59 Å². The lowest BCUT2D eigenvalue weighted by Crippen LogP contribution is -2.33. The second kappa shape index (κ2) is 7.76. The lowest BCUT2D eigenvalue weighted by atomic mass is 10.1. The van der Waals surface area contributed by atoms with Crippen LogP contribution in [0.3, 0.4) is 0 Å². The van der Waals surface area contributed by atoms with Gasteiger partial charge in [-0.25, -0.2) is 0 Å². The maximum atomic E-state index is 11.6. The van der Waals surface area contributed by atoms with Crippen molar-refractivity contribution in [2.45, 2.75) is 24.5 Å². The summed E-state index contributed by atoms with van der Waals surface area (Å²) in [5, 5.41) is 2.31. The average molecular weight is 266 g/mol. The van der Waals surface area contributed by atoms with Gasteiger partial charge in [0.2, 0.25) is 11.8 Å². The third-order valence-electron chi connectivity index (χ3n) is 2.52. The lowest BCUT2D eigenvalue weighted by Gasteiger charge is -2.10. The summed E-state index contributed by atoms with van der Waals surface area (Å²) in [4.78, 5) is 22.2. The Morgan fingerprint density at radius 3 is 2.56 bits per heavy atom. The SMILES string of the molecule is NC(=O)CCC(S)C(=O)NCCc1ccccc1. The van der Waals surface area contributed by atoms with Crippen molar-refractivity contribution < 1.29 is 9.59 Å². The highest BCUT2D eigenvalue weighted by atomic mass is 32.1. The number of hydrogen-bond acceptors (Lipinski definition) is 3. The van der Waals surface area contributed by atoms with Gasteiger partial charge < -0.3 is 11.1 Å². The fraction of sp³-hybridized carbons (Fsp3) is 0.385. The molecule has 1 rings (SSSR count).